The Morgan fingerprint density at radius 1 is 1.24 bits per heavy atom. The molecule has 4 nitrogen and oxygen atoms in total. The fraction of sp³-hybridized carbons (Fsp3) is 0.938. The molecule has 0 radical (unpaired) electrons. The maximum Gasteiger partial charge on any atom is 0.193 e. The average Bonchev–Trinajstić information content (AvgIpc) is 2.93. The molecule has 2 saturated heterocycles. The van der Waals surface area contributed by atoms with Gasteiger partial charge in [0.05, 0.1) is 6.10 Å². The van der Waals surface area contributed by atoms with Crippen LogP contribution in [-0.2, 0) is 4.74 Å². The van der Waals surface area contributed by atoms with Gasteiger partial charge in [0, 0.05) is 39.2 Å². The number of hydrogen-bond donors (Lipinski definition) is 1. The van der Waals surface area contributed by atoms with Gasteiger partial charge in [0.2, 0.25) is 0 Å². The molecule has 2 atom stereocenters. The summed E-state index contributed by atoms with van der Waals surface area (Å²) in [4.78, 5) is 6.80. The van der Waals surface area contributed by atoms with Crippen molar-refractivity contribution in [2.24, 2.45) is 16.3 Å². The minimum Gasteiger partial charge on any atom is -0.377 e. The first-order valence-corrected chi connectivity index (χ1v) is 8.09. The zero-order valence-electron chi connectivity index (χ0n) is 14.0. The molecule has 21 heavy (non-hydrogen) atoms. The van der Waals surface area contributed by atoms with Gasteiger partial charge in [-0.2, -0.15) is 0 Å². The molecule has 0 aromatic carbocycles. The molecular formula is C16H32IN3O. The fourth-order valence-corrected chi connectivity index (χ4v) is 3.49. The summed E-state index contributed by atoms with van der Waals surface area (Å²) >= 11 is 0. The van der Waals surface area contributed by atoms with Gasteiger partial charge < -0.3 is 15.0 Å². The van der Waals surface area contributed by atoms with Crippen LogP contribution in [0.15, 0.2) is 4.99 Å². The molecule has 0 amide bonds. The van der Waals surface area contributed by atoms with E-state index in [4.69, 9.17) is 4.74 Å². The second kappa shape index (κ2) is 8.56. The molecule has 2 rings (SSSR count). The third-order valence-corrected chi connectivity index (χ3v) is 4.44. The zero-order chi connectivity index (χ0) is 14.6. The van der Waals surface area contributed by atoms with Crippen molar-refractivity contribution in [1.82, 2.24) is 10.2 Å². The summed E-state index contributed by atoms with van der Waals surface area (Å²) in [5.41, 5.74) is 0.212. The van der Waals surface area contributed by atoms with Gasteiger partial charge in [0.25, 0.3) is 0 Å². The molecule has 0 aromatic heterocycles. The Hall–Kier alpha value is -0.0400. The summed E-state index contributed by atoms with van der Waals surface area (Å²) in [5.74, 6) is 1.66. The highest BCUT2D eigenvalue weighted by atomic mass is 127. The van der Waals surface area contributed by atoms with Gasteiger partial charge in [0.15, 0.2) is 5.96 Å². The summed E-state index contributed by atoms with van der Waals surface area (Å²) in [5, 5.41) is 3.58. The predicted molar refractivity (Wildman–Crippen MR) is 99.5 cm³/mol. The Balaban J connectivity index is 0.00000220. The van der Waals surface area contributed by atoms with Crippen LogP contribution >= 0.6 is 24.0 Å². The van der Waals surface area contributed by atoms with E-state index >= 15 is 0 Å². The lowest BCUT2D eigenvalue weighted by Gasteiger charge is -2.40. The number of likely N-dealkylation sites (tertiary alicyclic amines) is 1. The van der Waals surface area contributed by atoms with Crippen LogP contribution in [-0.4, -0.2) is 50.3 Å². The third-order valence-electron chi connectivity index (χ3n) is 4.44. The molecule has 0 saturated carbocycles. The number of ether oxygens (including phenoxy) is 1. The number of hydrogen-bond acceptors (Lipinski definition) is 2. The van der Waals surface area contributed by atoms with Crippen LogP contribution in [0.4, 0.5) is 0 Å². The Kier molecular flexibility index (Phi) is 7.74. The standard InChI is InChI=1S/C16H31N3O.HI/c1-16(2,3)14-13(8-7-11-20-14)12-18-15(17-4)19-9-5-6-10-19;/h13-14H,5-12H2,1-4H3,(H,17,18);1H. The summed E-state index contributed by atoms with van der Waals surface area (Å²) in [6, 6.07) is 0. The van der Waals surface area contributed by atoms with E-state index in [9.17, 15) is 0 Å². The Labute approximate surface area is 147 Å². The number of nitrogens with zero attached hydrogens (tertiary/aromatic N) is 2. The van der Waals surface area contributed by atoms with Crippen molar-refractivity contribution in [3.8, 4) is 0 Å². The zero-order valence-corrected chi connectivity index (χ0v) is 16.4. The van der Waals surface area contributed by atoms with Crippen molar-refractivity contribution in [3.63, 3.8) is 0 Å². The lowest BCUT2D eigenvalue weighted by atomic mass is 9.78. The van der Waals surface area contributed by atoms with E-state index < -0.39 is 0 Å². The highest BCUT2D eigenvalue weighted by molar-refractivity contribution is 14.0. The first-order chi connectivity index (χ1) is 9.52. The molecule has 0 aromatic rings. The van der Waals surface area contributed by atoms with Gasteiger partial charge in [0.1, 0.15) is 0 Å². The molecule has 2 unspecified atom stereocenters. The van der Waals surface area contributed by atoms with Crippen molar-refractivity contribution in [3.05, 3.63) is 0 Å². The summed E-state index contributed by atoms with van der Waals surface area (Å²) in [7, 11) is 1.89. The third kappa shape index (κ3) is 5.27. The van der Waals surface area contributed by atoms with Gasteiger partial charge in [-0.15, -0.1) is 24.0 Å². The number of nitrogens with one attached hydrogen (secondary N) is 1. The second-order valence-electron chi connectivity index (χ2n) is 7.18. The van der Waals surface area contributed by atoms with Crippen LogP contribution in [0.1, 0.15) is 46.5 Å². The van der Waals surface area contributed by atoms with E-state index in [1.54, 1.807) is 0 Å². The van der Waals surface area contributed by atoms with Gasteiger partial charge in [-0.25, -0.2) is 0 Å². The maximum atomic E-state index is 6.05. The van der Waals surface area contributed by atoms with Crippen molar-refractivity contribution < 1.29 is 4.74 Å². The molecule has 0 bridgehead atoms. The maximum absolute atomic E-state index is 6.05. The molecule has 1 N–H and O–H groups in total. The highest BCUT2D eigenvalue weighted by Gasteiger charge is 2.35. The molecule has 124 valence electrons. The number of guanidine groups is 1. The number of aliphatic imine (C=N–C) groups is 1. The minimum absolute atomic E-state index is 0. The minimum atomic E-state index is 0. The largest absolute Gasteiger partial charge is 0.377 e. The monoisotopic (exact) mass is 409 g/mol. The van der Waals surface area contributed by atoms with Gasteiger partial charge in [-0.3, -0.25) is 4.99 Å². The Morgan fingerprint density at radius 3 is 2.48 bits per heavy atom. The van der Waals surface area contributed by atoms with E-state index in [0.29, 0.717) is 12.0 Å². The van der Waals surface area contributed by atoms with Crippen molar-refractivity contribution in [2.75, 3.05) is 33.3 Å². The number of halogens is 1. The Morgan fingerprint density at radius 2 is 1.90 bits per heavy atom. The molecule has 5 heteroatoms. The quantitative estimate of drug-likeness (QED) is 0.433. The Bertz CT molecular complexity index is 335. The van der Waals surface area contributed by atoms with E-state index in [1.807, 2.05) is 7.05 Å². The van der Waals surface area contributed by atoms with E-state index in [2.05, 4.69) is 36.0 Å². The van der Waals surface area contributed by atoms with Crippen molar-refractivity contribution in [1.29, 1.82) is 0 Å². The average molecular weight is 409 g/mol. The van der Waals surface area contributed by atoms with Crippen LogP contribution in [0.5, 0.6) is 0 Å². The van der Waals surface area contributed by atoms with Crippen LogP contribution < -0.4 is 5.32 Å². The van der Waals surface area contributed by atoms with Crippen molar-refractivity contribution in [2.45, 2.75) is 52.6 Å². The van der Waals surface area contributed by atoms with E-state index in [1.165, 1.54) is 25.7 Å². The van der Waals surface area contributed by atoms with Crippen LogP contribution in [0, 0.1) is 11.3 Å². The van der Waals surface area contributed by atoms with Crippen LogP contribution in [0.25, 0.3) is 0 Å². The molecular weight excluding hydrogens is 377 g/mol. The van der Waals surface area contributed by atoms with Gasteiger partial charge in [-0.05, 0) is 31.1 Å². The van der Waals surface area contributed by atoms with Crippen LogP contribution in [0.2, 0.25) is 0 Å². The lowest BCUT2D eigenvalue weighted by Crippen LogP contribution is -2.48. The van der Waals surface area contributed by atoms with Gasteiger partial charge >= 0.3 is 0 Å². The molecule has 2 heterocycles. The number of rotatable bonds is 2. The smallest absolute Gasteiger partial charge is 0.193 e. The second-order valence-corrected chi connectivity index (χ2v) is 7.18. The summed E-state index contributed by atoms with van der Waals surface area (Å²) in [6.45, 7) is 11.0. The normalized spacial score (nSPS) is 27.4. The molecule has 2 fully saturated rings. The SMILES string of the molecule is CN=C(NCC1CCCOC1C(C)(C)C)N1CCCC1.I. The van der Waals surface area contributed by atoms with E-state index in [0.717, 1.165) is 32.2 Å². The van der Waals surface area contributed by atoms with Crippen LogP contribution in [0.3, 0.4) is 0 Å². The molecule has 0 aliphatic carbocycles. The predicted octanol–water partition coefficient (Wildman–Crippen LogP) is 3.12. The summed E-state index contributed by atoms with van der Waals surface area (Å²) < 4.78 is 6.05. The highest BCUT2D eigenvalue weighted by Crippen LogP contribution is 2.33. The first kappa shape index (κ1) is 19.0. The lowest BCUT2D eigenvalue weighted by molar-refractivity contribution is -0.0836. The summed E-state index contributed by atoms with van der Waals surface area (Å²) in [6.07, 6.45) is 5.36. The fourth-order valence-electron chi connectivity index (χ4n) is 3.49. The first-order valence-electron chi connectivity index (χ1n) is 8.09. The molecule has 0 spiro atoms. The topological polar surface area (TPSA) is 36.9 Å². The molecule has 2 aliphatic heterocycles. The van der Waals surface area contributed by atoms with Gasteiger partial charge in [-0.1, -0.05) is 20.8 Å². The van der Waals surface area contributed by atoms with E-state index in [-0.39, 0.29) is 29.4 Å². The van der Waals surface area contributed by atoms with Crippen molar-refractivity contribution >= 4 is 29.9 Å². The molecule has 2 aliphatic rings.